The lowest BCUT2D eigenvalue weighted by Crippen LogP contribution is -2.65. The molecule has 0 bridgehead atoms. The molecule has 0 amide bonds. The van der Waals surface area contributed by atoms with Gasteiger partial charge in [-0.1, -0.05) is 20.8 Å². The minimum atomic E-state index is 0.312. The fourth-order valence-electron chi connectivity index (χ4n) is 3.62. The van der Waals surface area contributed by atoms with Crippen LogP contribution in [0.25, 0.3) is 0 Å². The number of hydrogen-bond donors (Lipinski definition) is 1. The third-order valence-electron chi connectivity index (χ3n) is 5.34. The average molecular weight is 283 g/mol. The van der Waals surface area contributed by atoms with Crippen molar-refractivity contribution in [2.24, 2.45) is 0 Å². The Balaban J connectivity index is 1.97. The van der Waals surface area contributed by atoms with E-state index in [-0.39, 0.29) is 0 Å². The first-order valence-electron chi connectivity index (χ1n) is 8.41. The van der Waals surface area contributed by atoms with Crippen LogP contribution in [0.3, 0.4) is 0 Å². The van der Waals surface area contributed by atoms with Crippen LogP contribution < -0.4 is 5.32 Å². The Bertz CT molecular complexity index is 293. The number of ether oxygens (including phenoxy) is 1. The molecule has 0 aromatic carbocycles. The quantitative estimate of drug-likeness (QED) is 0.829. The summed E-state index contributed by atoms with van der Waals surface area (Å²) in [6.45, 7) is 13.3. The molecule has 0 aromatic rings. The van der Waals surface area contributed by atoms with Crippen molar-refractivity contribution in [1.29, 1.82) is 0 Å². The minimum absolute atomic E-state index is 0.312. The smallest absolute Gasteiger partial charge is 0.0829 e. The van der Waals surface area contributed by atoms with Gasteiger partial charge in [0.2, 0.25) is 0 Å². The molecule has 0 saturated carbocycles. The molecule has 2 saturated heterocycles. The van der Waals surface area contributed by atoms with Crippen molar-refractivity contribution in [2.45, 2.75) is 57.7 Å². The van der Waals surface area contributed by atoms with Crippen molar-refractivity contribution >= 4 is 0 Å². The van der Waals surface area contributed by atoms with E-state index >= 15 is 0 Å². The van der Waals surface area contributed by atoms with Crippen LogP contribution in [-0.2, 0) is 4.74 Å². The Hall–Kier alpha value is -0.160. The second-order valence-corrected chi connectivity index (χ2v) is 6.61. The van der Waals surface area contributed by atoms with Crippen molar-refractivity contribution in [1.82, 2.24) is 15.1 Å². The van der Waals surface area contributed by atoms with E-state index in [1.807, 2.05) is 0 Å². The molecule has 2 rings (SSSR count). The molecule has 118 valence electrons. The van der Waals surface area contributed by atoms with E-state index in [0.717, 1.165) is 32.8 Å². The van der Waals surface area contributed by atoms with Gasteiger partial charge < -0.3 is 15.0 Å². The van der Waals surface area contributed by atoms with Crippen LogP contribution in [-0.4, -0.2) is 73.9 Å². The van der Waals surface area contributed by atoms with Gasteiger partial charge in [-0.3, -0.25) is 4.90 Å². The Morgan fingerprint density at radius 3 is 2.60 bits per heavy atom. The summed E-state index contributed by atoms with van der Waals surface area (Å²) in [6.07, 6.45) is 4.02. The molecular formula is C16H33N3O. The maximum absolute atomic E-state index is 5.98. The molecule has 2 fully saturated rings. The second kappa shape index (κ2) is 7.21. The van der Waals surface area contributed by atoms with E-state index in [4.69, 9.17) is 4.74 Å². The third-order valence-corrected chi connectivity index (χ3v) is 5.34. The maximum atomic E-state index is 5.98. The van der Waals surface area contributed by atoms with Gasteiger partial charge in [0.05, 0.1) is 12.7 Å². The summed E-state index contributed by atoms with van der Waals surface area (Å²) >= 11 is 0. The molecule has 1 N–H and O–H groups in total. The number of rotatable bonds is 5. The zero-order valence-electron chi connectivity index (χ0n) is 13.8. The lowest BCUT2D eigenvalue weighted by molar-refractivity contribution is -0.0530. The average Bonchev–Trinajstić information content (AvgIpc) is 2.47. The van der Waals surface area contributed by atoms with Crippen molar-refractivity contribution < 1.29 is 4.74 Å². The molecule has 4 nitrogen and oxygen atoms in total. The van der Waals surface area contributed by atoms with E-state index in [9.17, 15) is 0 Å². The summed E-state index contributed by atoms with van der Waals surface area (Å²) in [6, 6.07) is 0.664. The molecule has 0 radical (unpaired) electrons. The van der Waals surface area contributed by atoms with Crippen LogP contribution in [0, 0.1) is 0 Å². The molecule has 4 heteroatoms. The summed E-state index contributed by atoms with van der Waals surface area (Å²) < 4.78 is 5.98. The lowest BCUT2D eigenvalue weighted by atomic mass is 9.88. The van der Waals surface area contributed by atoms with Crippen LogP contribution >= 0.6 is 0 Å². The highest BCUT2D eigenvalue weighted by Gasteiger charge is 2.37. The third kappa shape index (κ3) is 3.73. The van der Waals surface area contributed by atoms with Gasteiger partial charge in [0.25, 0.3) is 0 Å². The van der Waals surface area contributed by atoms with Gasteiger partial charge in [0, 0.05) is 44.3 Å². The number of nitrogens with zero attached hydrogens (tertiary/aromatic N) is 2. The highest BCUT2D eigenvalue weighted by molar-refractivity contribution is 4.97. The largest absolute Gasteiger partial charge is 0.374 e. The van der Waals surface area contributed by atoms with Crippen molar-refractivity contribution in [2.75, 3.05) is 46.4 Å². The number of piperazine rings is 1. The standard InChI is InChI=1S/C16H33N3O/c1-5-14-10-17-16(6-2,7-3)13-19(14)12-15-11-18(4)8-9-20-15/h14-15,17H,5-13H2,1-4H3. The van der Waals surface area contributed by atoms with Crippen molar-refractivity contribution in [3.8, 4) is 0 Å². The van der Waals surface area contributed by atoms with Gasteiger partial charge in [-0.15, -0.1) is 0 Å². The van der Waals surface area contributed by atoms with E-state index in [1.165, 1.54) is 25.8 Å². The number of likely N-dealkylation sites (N-methyl/N-ethyl adjacent to an activating group) is 1. The van der Waals surface area contributed by atoms with Gasteiger partial charge >= 0.3 is 0 Å². The normalized spacial score (nSPS) is 32.4. The highest BCUT2D eigenvalue weighted by atomic mass is 16.5. The first kappa shape index (κ1) is 16.2. The Kier molecular flexibility index (Phi) is 5.84. The van der Waals surface area contributed by atoms with Gasteiger partial charge in [-0.2, -0.15) is 0 Å². The summed E-state index contributed by atoms with van der Waals surface area (Å²) in [7, 11) is 2.20. The molecule has 2 unspecified atom stereocenters. The van der Waals surface area contributed by atoms with Crippen molar-refractivity contribution in [3.05, 3.63) is 0 Å². The molecule has 20 heavy (non-hydrogen) atoms. The Labute approximate surface area is 124 Å². The summed E-state index contributed by atoms with van der Waals surface area (Å²) in [4.78, 5) is 5.08. The summed E-state index contributed by atoms with van der Waals surface area (Å²) in [5.41, 5.74) is 0.312. The van der Waals surface area contributed by atoms with E-state index < -0.39 is 0 Å². The molecule has 2 atom stereocenters. The van der Waals surface area contributed by atoms with Crippen molar-refractivity contribution in [3.63, 3.8) is 0 Å². The fourth-order valence-corrected chi connectivity index (χ4v) is 3.62. The zero-order chi connectivity index (χ0) is 14.6. The number of morpholine rings is 1. The summed E-state index contributed by atoms with van der Waals surface area (Å²) in [5, 5.41) is 3.82. The zero-order valence-corrected chi connectivity index (χ0v) is 13.8. The predicted octanol–water partition coefficient (Wildman–Crippen LogP) is 1.56. The SMILES string of the molecule is CCC1CNC(CC)(CC)CN1CC1CN(C)CCO1. The summed E-state index contributed by atoms with van der Waals surface area (Å²) in [5.74, 6) is 0. The Morgan fingerprint density at radius 1 is 1.25 bits per heavy atom. The molecule has 0 aromatic heterocycles. The van der Waals surface area contributed by atoms with Crippen LogP contribution in [0.1, 0.15) is 40.0 Å². The van der Waals surface area contributed by atoms with E-state index in [1.54, 1.807) is 0 Å². The first-order chi connectivity index (χ1) is 9.62. The first-order valence-corrected chi connectivity index (χ1v) is 8.41. The van der Waals surface area contributed by atoms with E-state index in [2.05, 4.69) is 42.9 Å². The van der Waals surface area contributed by atoms with Gasteiger partial charge in [0.1, 0.15) is 0 Å². The van der Waals surface area contributed by atoms with E-state index in [0.29, 0.717) is 17.7 Å². The predicted molar refractivity (Wildman–Crippen MR) is 84.2 cm³/mol. The topological polar surface area (TPSA) is 27.7 Å². The molecule has 2 heterocycles. The van der Waals surface area contributed by atoms with Crippen LogP contribution in [0.4, 0.5) is 0 Å². The fraction of sp³-hybridized carbons (Fsp3) is 1.00. The molecule has 2 aliphatic heterocycles. The highest BCUT2D eigenvalue weighted by Crippen LogP contribution is 2.24. The second-order valence-electron chi connectivity index (χ2n) is 6.61. The lowest BCUT2D eigenvalue weighted by Gasteiger charge is -2.48. The van der Waals surface area contributed by atoms with Crippen LogP contribution in [0.2, 0.25) is 0 Å². The monoisotopic (exact) mass is 283 g/mol. The van der Waals surface area contributed by atoms with Gasteiger partial charge in [-0.25, -0.2) is 0 Å². The molecule has 2 aliphatic rings. The van der Waals surface area contributed by atoms with Gasteiger partial charge in [-0.05, 0) is 26.3 Å². The molecule has 0 aliphatic carbocycles. The van der Waals surface area contributed by atoms with Crippen LogP contribution in [0.5, 0.6) is 0 Å². The van der Waals surface area contributed by atoms with Gasteiger partial charge in [0.15, 0.2) is 0 Å². The number of hydrogen-bond acceptors (Lipinski definition) is 4. The molecule has 0 spiro atoms. The maximum Gasteiger partial charge on any atom is 0.0829 e. The molecular weight excluding hydrogens is 250 g/mol. The minimum Gasteiger partial charge on any atom is -0.374 e. The Morgan fingerprint density at radius 2 is 2.00 bits per heavy atom. The number of nitrogens with one attached hydrogen (secondary N) is 1. The van der Waals surface area contributed by atoms with Crippen LogP contribution in [0.15, 0.2) is 0 Å².